The molecule has 0 radical (unpaired) electrons. The molecule has 0 bridgehead atoms. The van der Waals surface area contributed by atoms with Gasteiger partial charge >= 0.3 is 0 Å². The maximum Gasteiger partial charge on any atom is 0.0550 e. The van der Waals surface area contributed by atoms with Crippen LogP contribution in [0.3, 0.4) is 0 Å². The molecule has 3 heteroatoms. The summed E-state index contributed by atoms with van der Waals surface area (Å²) in [6.45, 7) is 0. The van der Waals surface area contributed by atoms with Crippen molar-refractivity contribution < 1.29 is 0 Å². The Bertz CT molecular complexity index is 847. The van der Waals surface area contributed by atoms with Gasteiger partial charge in [-0.1, -0.05) is 36.4 Å². The fourth-order valence-electron chi connectivity index (χ4n) is 2.87. The Hall–Kier alpha value is -1.58. The van der Waals surface area contributed by atoms with Crippen LogP contribution in [0.15, 0.2) is 64.4 Å². The lowest BCUT2D eigenvalue weighted by molar-refractivity contribution is 0.940. The van der Waals surface area contributed by atoms with Crippen LogP contribution in [0.1, 0.15) is 11.3 Å². The summed E-state index contributed by atoms with van der Waals surface area (Å²) in [5, 5.41) is 1.39. The van der Waals surface area contributed by atoms with E-state index in [0.29, 0.717) is 0 Å². The number of benzene rings is 2. The van der Waals surface area contributed by atoms with Gasteiger partial charge in [0.2, 0.25) is 0 Å². The van der Waals surface area contributed by atoms with Crippen molar-refractivity contribution >= 4 is 40.5 Å². The topological polar surface area (TPSA) is 4.93 Å². The molecule has 2 aromatic carbocycles. The van der Waals surface area contributed by atoms with Crippen molar-refractivity contribution in [1.82, 2.24) is 4.57 Å². The smallest absolute Gasteiger partial charge is 0.0550 e. The third kappa shape index (κ3) is 2.49. The van der Waals surface area contributed by atoms with Gasteiger partial charge < -0.3 is 4.57 Å². The first kappa shape index (κ1) is 14.0. The molecule has 0 fully saturated rings. The van der Waals surface area contributed by atoms with Gasteiger partial charge in [-0.25, -0.2) is 0 Å². The van der Waals surface area contributed by atoms with Crippen molar-refractivity contribution in [3.63, 3.8) is 0 Å². The molecule has 0 atom stereocenters. The molecule has 0 unspecified atom stereocenters. The van der Waals surface area contributed by atoms with E-state index >= 15 is 0 Å². The van der Waals surface area contributed by atoms with Crippen LogP contribution in [0.2, 0.25) is 0 Å². The first-order valence-electron chi connectivity index (χ1n) is 7.41. The number of rotatable bonds is 3. The molecule has 22 heavy (non-hydrogen) atoms. The summed E-state index contributed by atoms with van der Waals surface area (Å²) in [5.41, 5.74) is 4.05. The molecule has 0 saturated heterocycles. The lowest BCUT2D eigenvalue weighted by Crippen LogP contribution is -1.93. The fraction of sp³-hybridized carbons (Fsp3) is 0.158. The van der Waals surface area contributed by atoms with Crippen molar-refractivity contribution in [2.75, 3.05) is 5.75 Å². The summed E-state index contributed by atoms with van der Waals surface area (Å²) >= 11 is 3.86. The van der Waals surface area contributed by atoms with E-state index in [9.17, 15) is 0 Å². The predicted molar refractivity (Wildman–Crippen MR) is 98.7 cm³/mol. The van der Waals surface area contributed by atoms with Crippen LogP contribution in [0, 0.1) is 0 Å². The van der Waals surface area contributed by atoms with Crippen LogP contribution in [0.4, 0.5) is 0 Å². The molecule has 110 valence electrons. The van der Waals surface area contributed by atoms with Gasteiger partial charge in [0.05, 0.1) is 5.69 Å². The van der Waals surface area contributed by atoms with E-state index in [0.717, 1.165) is 11.5 Å². The number of nitrogens with zero attached hydrogens (tertiary/aromatic N) is 1. The molecule has 0 amide bonds. The van der Waals surface area contributed by atoms with Gasteiger partial charge in [-0.2, -0.15) is 0 Å². The third-order valence-corrected chi connectivity index (χ3v) is 6.16. The van der Waals surface area contributed by atoms with Gasteiger partial charge in [-0.3, -0.25) is 0 Å². The Morgan fingerprint density at radius 2 is 2.00 bits per heavy atom. The van der Waals surface area contributed by atoms with E-state index in [-0.39, 0.29) is 0 Å². The molecule has 3 aromatic rings. The summed E-state index contributed by atoms with van der Waals surface area (Å²) in [6.07, 6.45) is 4.50. The molecule has 1 aromatic heterocycles. The SMILES string of the molecule is Cn1c2c(c3cc(SCc4ccccc4)ccc31)SCC=C2. The predicted octanol–water partition coefficient (Wildman–Crippen LogP) is 5.59. The second-order valence-corrected chi connectivity index (χ2v) is 7.52. The summed E-state index contributed by atoms with van der Waals surface area (Å²) in [4.78, 5) is 2.78. The molecule has 0 spiro atoms. The minimum absolute atomic E-state index is 1.02. The highest BCUT2D eigenvalue weighted by molar-refractivity contribution is 7.99. The average molecular weight is 323 g/mol. The monoisotopic (exact) mass is 323 g/mol. The Morgan fingerprint density at radius 3 is 2.86 bits per heavy atom. The van der Waals surface area contributed by atoms with Crippen molar-refractivity contribution in [2.45, 2.75) is 15.5 Å². The van der Waals surface area contributed by atoms with E-state index in [1.807, 2.05) is 23.5 Å². The zero-order valence-electron chi connectivity index (χ0n) is 12.5. The standard InChI is InChI=1S/C19H17NS2/c1-20-17-10-9-15(22-13-14-6-3-2-4-7-14)12-16(17)19-18(20)8-5-11-21-19/h2-10,12H,11,13H2,1H3. The minimum Gasteiger partial charge on any atom is -0.343 e. The van der Waals surface area contributed by atoms with Crippen LogP contribution < -0.4 is 0 Å². The van der Waals surface area contributed by atoms with Gasteiger partial charge in [-0.05, 0) is 29.8 Å². The molecule has 4 rings (SSSR count). The molecular formula is C19H17NS2. The van der Waals surface area contributed by atoms with E-state index in [4.69, 9.17) is 0 Å². The highest BCUT2D eigenvalue weighted by atomic mass is 32.2. The number of thioether (sulfide) groups is 2. The second kappa shape index (κ2) is 5.90. The highest BCUT2D eigenvalue weighted by Gasteiger charge is 2.16. The van der Waals surface area contributed by atoms with Crippen LogP contribution in [-0.2, 0) is 12.8 Å². The van der Waals surface area contributed by atoms with Crippen molar-refractivity contribution in [3.05, 3.63) is 65.9 Å². The van der Waals surface area contributed by atoms with Gasteiger partial charge in [-0.15, -0.1) is 23.5 Å². The van der Waals surface area contributed by atoms with Gasteiger partial charge in [0.25, 0.3) is 0 Å². The Morgan fingerprint density at radius 1 is 1.14 bits per heavy atom. The van der Waals surface area contributed by atoms with Gasteiger partial charge in [0, 0.05) is 39.2 Å². The first-order chi connectivity index (χ1) is 10.8. The Balaban J connectivity index is 1.67. The van der Waals surface area contributed by atoms with Crippen LogP contribution in [-0.4, -0.2) is 10.3 Å². The van der Waals surface area contributed by atoms with Crippen molar-refractivity contribution in [3.8, 4) is 0 Å². The molecule has 1 aliphatic rings. The number of aryl methyl sites for hydroxylation is 1. The quantitative estimate of drug-likeness (QED) is 0.579. The van der Waals surface area contributed by atoms with Gasteiger partial charge in [0.15, 0.2) is 0 Å². The summed E-state index contributed by atoms with van der Waals surface area (Å²) < 4.78 is 2.30. The lowest BCUT2D eigenvalue weighted by atomic mass is 10.2. The summed E-state index contributed by atoms with van der Waals surface area (Å²) in [5.74, 6) is 2.10. The Labute approximate surface area is 139 Å². The average Bonchev–Trinajstić information content (AvgIpc) is 2.87. The van der Waals surface area contributed by atoms with E-state index in [1.165, 1.54) is 32.0 Å². The molecule has 1 aliphatic heterocycles. The molecule has 0 aliphatic carbocycles. The highest BCUT2D eigenvalue weighted by Crippen LogP contribution is 2.39. The summed E-state index contributed by atoms with van der Waals surface area (Å²) in [7, 11) is 2.16. The molecule has 2 heterocycles. The van der Waals surface area contributed by atoms with Gasteiger partial charge in [0.1, 0.15) is 0 Å². The van der Waals surface area contributed by atoms with Crippen molar-refractivity contribution in [2.24, 2.45) is 7.05 Å². The molecule has 1 nitrogen and oxygen atoms in total. The number of aromatic nitrogens is 1. The minimum atomic E-state index is 1.02. The number of fused-ring (bicyclic) bond motifs is 3. The third-order valence-electron chi connectivity index (χ3n) is 4.02. The largest absolute Gasteiger partial charge is 0.343 e. The van der Waals surface area contributed by atoms with E-state index in [1.54, 1.807) is 0 Å². The zero-order chi connectivity index (χ0) is 14.9. The number of hydrogen-bond acceptors (Lipinski definition) is 2. The zero-order valence-corrected chi connectivity index (χ0v) is 14.1. The van der Waals surface area contributed by atoms with E-state index in [2.05, 4.69) is 72.3 Å². The normalized spacial score (nSPS) is 13.5. The molecule has 0 saturated carbocycles. The van der Waals surface area contributed by atoms with Crippen molar-refractivity contribution in [1.29, 1.82) is 0 Å². The second-order valence-electron chi connectivity index (χ2n) is 5.44. The number of hydrogen-bond donors (Lipinski definition) is 0. The maximum atomic E-state index is 2.36. The molecular weight excluding hydrogens is 306 g/mol. The van der Waals surface area contributed by atoms with E-state index < -0.39 is 0 Å². The lowest BCUT2D eigenvalue weighted by Gasteiger charge is -2.06. The fourth-order valence-corrected chi connectivity index (χ4v) is 4.79. The maximum absolute atomic E-state index is 2.36. The first-order valence-corrected chi connectivity index (χ1v) is 9.38. The Kier molecular flexibility index (Phi) is 3.77. The van der Waals surface area contributed by atoms with Crippen LogP contribution in [0.5, 0.6) is 0 Å². The summed E-state index contributed by atoms with van der Waals surface area (Å²) in [6, 6.07) is 17.5. The van der Waals surface area contributed by atoms with Crippen LogP contribution >= 0.6 is 23.5 Å². The molecule has 0 N–H and O–H groups in total. The van der Waals surface area contributed by atoms with Crippen LogP contribution in [0.25, 0.3) is 17.0 Å².